The molecule has 140 valence electrons. The predicted octanol–water partition coefficient (Wildman–Crippen LogP) is 3.66. The second kappa shape index (κ2) is 8.45. The lowest BCUT2D eigenvalue weighted by molar-refractivity contribution is -0.120. The number of rotatable bonds is 6. The van der Waals surface area contributed by atoms with E-state index in [4.69, 9.17) is 11.6 Å². The van der Waals surface area contributed by atoms with Gasteiger partial charge in [-0.3, -0.25) is 9.48 Å². The third-order valence-electron chi connectivity index (χ3n) is 4.11. The summed E-state index contributed by atoms with van der Waals surface area (Å²) in [5.41, 5.74) is 6.98. The smallest absolute Gasteiger partial charge is 0.246 e. The molecule has 0 fully saturated rings. The summed E-state index contributed by atoms with van der Waals surface area (Å²) in [5.74, 6) is -0.199. The Labute approximate surface area is 166 Å². The van der Waals surface area contributed by atoms with Gasteiger partial charge in [0.05, 0.1) is 35.6 Å². The van der Waals surface area contributed by atoms with Gasteiger partial charge < -0.3 is 0 Å². The number of amides is 1. The number of aromatic nitrogens is 3. The van der Waals surface area contributed by atoms with E-state index in [1.54, 1.807) is 6.21 Å². The minimum atomic E-state index is -0.199. The van der Waals surface area contributed by atoms with Crippen LogP contribution < -0.4 is 5.43 Å². The van der Waals surface area contributed by atoms with Gasteiger partial charge in [0.2, 0.25) is 5.91 Å². The highest BCUT2D eigenvalue weighted by Crippen LogP contribution is 2.18. The minimum Gasteiger partial charge on any atom is -0.273 e. The highest BCUT2D eigenvalue weighted by molar-refractivity contribution is 7.09. The van der Waals surface area contributed by atoms with Crippen LogP contribution in [0.1, 0.15) is 33.2 Å². The molecule has 3 aromatic rings. The lowest BCUT2D eigenvalue weighted by Crippen LogP contribution is -2.20. The Morgan fingerprint density at radius 1 is 1.33 bits per heavy atom. The van der Waals surface area contributed by atoms with Gasteiger partial charge in [-0.2, -0.15) is 10.2 Å². The Bertz CT molecular complexity index is 992. The van der Waals surface area contributed by atoms with Gasteiger partial charge in [-0.15, -0.1) is 11.3 Å². The van der Waals surface area contributed by atoms with Crippen LogP contribution in [-0.4, -0.2) is 26.9 Å². The summed E-state index contributed by atoms with van der Waals surface area (Å²) in [6.07, 6.45) is 1.84. The van der Waals surface area contributed by atoms with E-state index in [9.17, 15) is 4.79 Å². The van der Waals surface area contributed by atoms with E-state index >= 15 is 0 Å². The zero-order chi connectivity index (χ0) is 19.4. The van der Waals surface area contributed by atoms with Crippen molar-refractivity contribution in [3.8, 4) is 0 Å². The highest BCUT2D eigenvalue weighted by atomic mass is 35.5. The number of benzene rings is 1. The van der Waals surface area contributed by atoms with Crippen molar-refractivity contribution in [3.63, 3.8) is 0 Å². The van der Waals surface area contributed by atoms with Crippen molar-refractivity contribution in [2.24, 2.45) is 5.10 Å². The molecule has 0 saturated heterocycles. The molecule has 0 radical (unpaired) electrons. The molecule has 0 saturated carbocycles. The minimum absolute atomic E-state index is 0.199. The van der Waals surface area contributed by atoms with Crippen molar-refractivity contribution >= 4 is 35.1 Å². The van der Waals surface area contributed by atoms with E-state index in [0.29, 0.717) is 11.6 Å². The normalized spacial score (nSPS) is 11.3. The number of hydrazone groups is 1. The van der Waals surface area contributed by atoms with Crippen molar-refractivity contribution in [2.75, 3.05) is 0 Å². The maximum Gasteiger partial charge on any atom is 0.246 e. The van der Waals surface area contributed by atoms with Crippen LogP contribution in [0.4, 0.5) is 0 Å². The van der Waals surface area contributed by atoms with Crippen LogP contribution in [0.3, 0.4) is 0 Å². The molecule has 27 heavy (non-hydrogen) atoms. The van der Waals surface area contributed by atoms with Gasteiger partial charge in [0, 0.05) is 21.7 Å². The Hall–Kier alpha value is -2.51. The average molecular weight is 402 g/mol. The van der Waals surface area contributed by atoms with Gasteiger partial charge in [0.15, 0.2) is 0 Å². The highest BCUT2D eigenvalue weighted by Gasteiger charge is 2.12. The van der Waals surface area contributed by atoms with Crippen molar-refractivity contribution in [1.29, 1.82) is 0 Å². The van der Waals surface area contributed by atoms with Crippen LogP contribution in [0, 0.1) is 20.8 Å². The van der Waals surface area contributed by atoms with E-state index < -0.39 is 0 Å². The first-order chi connectivity index (χ1) is 12.9. The summed E-state index contributed by atoms with van der Waals surface area (Å²) in [4.78, 5) is 16.2. The lowest BCUT2D eigenvalue weighted by Gasteiger charge is -2.06. The van der Waals surface area contributed by atoms with E-state index in [2.05, 4.69) is 20.6 Å². The third-order valence-corrected chi connectivity index (χ3v) is 5.30. The zero-order valence-electron chi connectivity index (χ0n) is 15.4. The number of halogens is 1. The van der Waals surface area contributed by atoms with Gasteiger partial charge >= 0.3 is 0 Å². The second-order valence-corrected chi connectivity index (χ2v) is 7.63. The fourth-order valence-corrected chi connectivity index (χ4v) is 3.51. The molecule has 0 aliphatic rings. The van der Waals surface area contributed by atoms with Crippen LogP contribution in [0.5, 0.6) is 0 Å². The van der Waals surface area contributed by atoms with Gasteiger partial charge in [-0.05, 0) is 32.4 Å². The Morgan fingerprint density at radius 2 is 2.11 bits per heavy atom. The third kappa shape index (κ3) is 4.81. The first-order valence-corrected chi connectivity index (χ1v) is 9.70. The van der Waals surface area contributed by atoms with Gasteiger partial charge in [0.1, 0.15) is 0 Å². The van der Waals surface area contributed by atoms with E-state index in [0.717, 1.165) is 33.2 Å². The number of nitrogens with one attached hydrogen (secondary N) is 1. The van der Waals surface area contributed by atoms with Crippen LogP contribution in [0.25, 0.3) is 0 Å². The zero-order valence-corrected chi connectivity index (χ0v) is 16.9. The monoisotopic (exact) mass is 401 g/mol. The molecule has 1 aromatic carbocycles. The molecule has 2 heterocycles. The number of carbonyl (C=O) groups is 1. The Balaban J connectivity index is 1.66. The fraction of sp³-hybridized carbons (Fsp3) is 0.263. The first kappa shape index (κ1) is 19.3. The molecule has 0 aliphatic carbocycles. The summed E-state index contributed by atoms with van der Waals surface area (Å²) >= 11 is 7.77. The molecule has 1 amide bonds. The van der Waals surface area contributed by atoms with E-state index in [1.807, 2.05) is 55.1 Å². The largest absolute Gasteiger partial charge is 0.273 e. The molecule has 1 N–H and O–H groups in total. The number of thiazole rings is 1. The first-order valence-electron chi connectivity index (χ1n) is 8.44. The fourth-order valence-electron chi connectivity index (χ4n) is 2.70. The standard InChI is InChI=1S/C19H20ClN5OS/c1-12-17(9-21-23-19(26)8-16-11-27-14(3)22-16)13(2)25(24-12)10-15-6-4-5-7-18(15)20/h4-7,9,11H,8,10H2,1-3H3,(H,23,26). The van der Waals surface area contributed by atoms with Crippen molar-refractivity contribution in [2.45, 2.75) is 33.7 Å². The molecule has 6 nitrogen and oxygen atoms in total. The SMILES string of the molecule is Cc1nc(CC(=O)NN=Cc2c(C)nn(Cc3ccccc3Cl)c2C)cs1. The molecule has 3 rings (SSSR count). The summed E-state index contributed by atoms with van der Waals surface area (Å²) in [6.45, 7) is 6.38. The maximum absolute atomic E-state index is 12.0. The van der Waals surface area contributed by atoms with Crippen LogP contribution in [0.15, 0.2) is 34.7 Å². The maximum atomic E-state index is 12.0. The van der Waals surface area contributed by atoms with E-state index in [1.165, 1.54) is 11.3 Å². The molecule has 2 aromatic heterocycles. The average Bonchev–Trinajstić information content (AvgIpc) is 3.14. The Kier molecular flexibility index (Phi) is 6.03. The topological polar surface area (TPSA) is 72.2 Å². The van der Waals surface area contributed by atoms with Crippen LogP contribution >= 0.6 is 22.9 Å². The quantitative estimate of drug-likeness (QED) is 0.506. The molecule has 0 unspecified atom stereocenters. The van der Waals surface area contributed by atoms with Gasteiger partial charge in [-0.1, -0.05) is 29.8 Å². The molecule has 0 bridgehead atoms. The molecule has 8 heteroatoms. The number of carbonyl (C=O) groups excluding carboxylic acids is 1. The summed E-state index contributed by atoms with van der Waals surface area (Å²) < 4.78 is 1.89. The van der Waals surface area contributed by atoms with Crippen molar-refractivity contribution < 1.29 is 4.79 Å². The van der Waals surface area contributed by atoms with Crippen LogP contribution in [0.2, 0.25) is 5.02 Å². The number of aryl methyl sites for hydroxylation is 2. The number of hydrogen-bond acceptors (Lipinski definition) is 5. The molecule has 0 atom stereocenters. The van der Waals surface area contributed by atoms with Gasteiger partial charge in [-0.25, -0.2) is 10.4 Å². The van der Waals surface area contributed by atoms with E-state index in [-0.39, 0.29) is 12.3 Å². The van der Waals surface area contributed by atoms with Crippen LogP contribution in [-0.2, 0) is 17.8 Å². The Morgan fingerprint density at radius 3 is 2.81 bits per heavy atom. The molecular formula is C19H20ClN5OS. The number of nitrogens with zero attached hydrogens (tertiary/aromatic N) is 4. The predicted molar refractivity (Wildman–Crippen MR) is 109 cm³/mol. The molecule has 0 spiro atoms. The second-order valence-electron chi connectivity index (χ2n) is 6.16. The van der Waals surface area contributed by atoms with Gasteiger partial charge in [0.25, 0.3) is 0 Å². The summed E-state index contributed by atoms with van der Waals surface area (Å²) in [6, 6.07) is 7.70. The van der Waals surface area contributed by atoms with Crippen molar-refractivity contribution in [1.82, 2.24) is 20.2 Å². The number of hydrogen-bond donors (Lipinski definition) is 1. The lowest BCUT2D eigenvalue weighted by atomic mass is 10.2. The van der Waals surface area contributed by atoms with Crippen molar-refractivity contribution in [3.05, 3.63) is 67.9 Å². The molecular weight excluding hydrogens is 382 g/mol. The summed E-state index contributed by atoms with van der Waals surface area (Å²) in [7, 11) is 0. The molecule has 0 aliphatic heterocycles. The summed E-state index contributed by atoms with van der Waals surface area (Å²) in [5, 5.41) is 12.2.